The Labute approximate surface area is 57.8 Å². The topological polar surface area (TPSA) is 60.7 Å². The zero-order valence-electron chi connectivity index (χ0n) is 5.67. The van der Waals surface area contributed by atoms with Gasteiger partial charge >= 0.3 is 57.2 Å². The van der Waals surface area contributed by atoms with Crippen molar-refractivity contribution >= 4 is 13.6 Å². The van der Waals surface area contributed by atoms with E-state index in [0.29, 0.717) is 0 Å². The molecule has 0 heterocycles. The first kappa shape index (κ1) is 9.44. The summed E-state index contributed by atoms with van der Waals surface area (Å²) in [6.45, 7) is 1.91. The molecule has 0 aliphatic carbocycles. The van der Waals surface area contributed by atoms with Crippen molar-refractivity contribution in [2.45, 2.75) is 12.1 Å². The molecule has 0 rings (SSSR count). The molecule has 0 aliphatic rings. The fourth-order valence-corrected chi connectivity index (χ4v) is 2.52. The first-order valence-corrected chi connectivity index (χ1v) is 9.00. The monoisotopic (exact) mass is 198 g/mol. The summed E-state index contributed by atoms with van der Waals surface area (Å²) in [4.78, 5) is 0. The molecule has 0 saturated carbocycles. The molecule has 0 aliphatic heterocycles. The molecule has 58 valence electrons. The molecular weight excluding hydrogens is 183 g/mol. The van der Waals surface area contributed by atoms with Crippen LogP contribution in [0.15, 0.2) is 0 Å². The van der Waals surface area contributed by atoms with Crippen molar-refractivity contribution in [2.75, 3.05) is 16.2 Å². The summed E-state index contributed by atoms with van der Waals surface area (Å²) >= 11 is -2.50. The van der Waals surface area contributed by atoms with Crippen LogP contribution in [0.25, 0.3) is 0 Å². The van der Waals surface area contributed by atoms with Crippen LogP contribution in [-0.4, -0.2) is 45.1 Å². The van der Waals surface area contributed by atoms with E-state index in [1.807, 2.05) is 6.92 Å². The van der Waals surface area contributed by atoms with Crippen molar-refractivity contribution < 1.29 is 15.3 Å². The summed E-state index contributed by atoms with van der Waals surface area (Å²) in [5.41, 5.74) is 0. The van der Waals surface area contributed by atoms with E-state index in [-0.39, 0.29) is 16.2 Å². The van der Waals surface area contributed by atoms with Gasteiger partial charge in [0.25, 0.3) is 0 Å². The maximum atomic E-state index is 8.74. The van der Waals surface area contributed by atoms with Crippen molar-refractivity contribution in [1.82, 2.24) is 0 Å². The minimum absolute atomic E-state index is 0.0312. The molecule has 3 N–H and O–H groups in total. The molecule has 0 atom stereocenters. The van der Waals surface area contributed by atoms with E-state index in [2.05, 4.69) is 0 Å². The van der Waals surface area contributed by atoms with Crippen LogP contribution >= 0.6 is 0 Å². The molecule has 0 amide bonds. The van der Waals surface area contributed by atoms with Gasteiger partial charge in [0.1, 0.15) is 0 Å². The van der Waals surface area contributed by atoms with Crippen molar-refractivity contribution in [3.8, 4) is 0 Å². The second-order valence-electron chi connectivity index (χ2n) is 2.33. The maximum absolute atomic E-state index is 8.74. The first-order chi connectivity index (χ1) is 4.24. The average molecular weight is 198 g/mol. The molecule has 0 aromatic rings. The molecule has 3 nitrogen and oxygen atoms in total. The van der Waals surface area contributed by atoms with Crippen LogP contribution in [0.2, 0.25) is 5.21 Å². The summed E-state index contributed by atoms with van der Waals surface area (Å²) in [7, 11) is 0. The molecule has 0 bridgehead atoms. The number of aliphatic hydroxyl groups is 3. The summed E-state index contributed by atoms with van der Waals surface area (Å²) in [5.74, 6) is 0. The normalized spacial score (nSPS) is 13.8. The third kappa shape index (κ3) is 2.26. The Morgan fingerprint density at radius 2 is 1.33 bits per heavy atom. The standard InChI is InChI=1S/C5H15AsO3/c1-2-6(3-7,4-8)5-9/h6-9H,2-5H2,1H3. The summed E-state index contributed by atoms with van der Waals surface area (Å²) in [6, 6.07) is 0. The Hall–Kier alpha value is 0.438. The Morgan fingerprint density at radius 3 is 1.33 bits per heavy atom. The van der Waals surface area contributed by atoms with E-state index in [0.717, 1.165) is 5.21 Å². The number of hydrogen-bond acceptors (Lipinski definition) is 3. The minimum atomic E-state index is -2.50. The van der Waals surface area contributed by atoms with Gasteiger partial charge in [-0.1, -0.05) is 0 Å². The average Bonchev–Trinajstić information content (AvgIpc) is 1.95. The van der Waals surface area contributed by atoms with Crippen LogP contribution in [0.5, 0.6) is 0 Å². The number of aliphatic hydroxyl groups excluding tert-OH is 3. The molecule has 0 unspecified atom stereocenters. The Morgan fingerprint density at radius 1 is 1.00 bits per heavy atom. The van der Waals surface area contributed by atoms with Crippen molar-refractivity contribution in [3.63, 3.8) is 0 Å². The van der Waals surface area contributed by atoms with Gasteiger partial charge < -0.3 is 0 Å². The molecule has 0 radical (unpaired) electrons. The summed E-state index contributed by atoms with van der Waals surface area (Å²) in [6.07, 6.45) is 0. The zero-order valence-corrected chi connectivity index (χ0v) is 7.77. The van der Waals surface area contributed by atoms with Crippen LogP contribution in [-0.2, 0) is 0 Å². The Kier molecular flexibility index (Phi) is 4.49. The van der Waals surface area contributed by atoms with Gasteiger partial charge in [-0.25, -0.2) is 0 Å². The molecule has 4 heteroatoms. The van der Waals surface area contributed by atoms with E-state index >= 15 is 0 Å². The van der Waals surface area contributed by atoms with E-state index in [1.165, 1.54) is 0 Å². The van der Waals surface area contributed by atoms with Crippen LogP contribution in [0.1, 0.15) is 6.92 Å². The second kappa shape index (κ2) is 4.29. The number of rotatable bonds is 4. The predicted molar refractivity (Wildman–Crippen MR) is 38.9 cm³/mol. The van der Waals surface area contributed by atoms with Crippen molar-refractivity contribution in [1.29, 1.82) is 0 Å². The molecule has 0 spiro atoms. The van der Waals surface area contributed by atoms with E-state index in [9.17, 15) is 0 Å². The van der Waals surface area contributed by atoms with E-state index in [4.69, 9.17) is 15.3 Å². The fourth-order valence-electron chi connectivity index (χ4n) is 0.485. The molecule has 0 saturated heterocycles. The molecule has 9 heavy (non-hydrogen) atoms. The Bertz CT molecular complexity index is 55.1. The second-order valence-corrected chi connectivity index (χ2v) is 12.1. The first-order valence-electron chi connectivity index (χ1n) is 3.07. The quantitative estimate of drug-likeness (QED) is 0.496. The third-order valence-electron chi connectivity index (χ3n) is 1.76. The third-order valence-corrected chi connectivity index (χ3v) is 9.13. The van der Waals surface area contributed by atoms with Crippen LogP contribution < -0.4 is 0 Å². The van der Waals surface area contributed by atoms with Gasteiger partial charge in [0.2, 0.25) is 0 Å². The van der Waals surface area contributed by atoms with Crippen LogP contribution in [0, 0.1) is 0 Å². The van der Waals surface area contributed by atoms with Crippen LogP contribution in [0.3, 0.4) is 0 Å². The van der Waals surface area contributed by atoms with Gasteiger partial charge in [0, 0.05) is 0 Å². The van der Waals surface area contributed by atoms with Gasteiger partial charge in [0.15, 0.2) is 0 Å². The zero-order chi connectivity index (χ0) is 7.33. The summed E-state index contributed by atoms with van der Waals surface area (Å²) < 4.78 is 0. The summed E-state index contributed by atoms with van der Waals surface area (Å²) in [5, 5.41) is 27.1. The number of hydrogen-bond donors (Lipinski definition) is 3. The molecule has 0 aromatic carbocycles. The fraction of sp³-hybridized carbons (Fsp3) is 1.00. The van der Waals surface area contributed by atoms with E-state index in [1.54, 1.807) is 0 Å². The van der Waals surface area contributed by atoms with Gasteiger partial charge in [0.05, 0.1) is 0 Å². The molecule has 0 fully saturated rings. The molecule has 0 aromatic heterocycles. The predicted octanol–water partition coefficient (Wildman–Crippen LogP) is -1.22. The van der Waals surface area contributed by atoms with Gasteiger partial charge in [-0.15, -0.1) is 0 Å². The SMILES string of the molecule is CC[AsH](CO)(CO)CO. The van der Waals surface area contributed by atoms with Crippen molar-refractivity contribution in [2.24, 2.45) is 0 Å². The van der Waals surface area contributed by atoms with Gasteiger partial charge in [-0.3, -0.25) is 0 Å². The van der Waals surface area contributed by atoms with Gasteiger partial charge in [-0.2, -0.15) is 0 Å². The molecular formula is C5H15AsO3. The van der Waals surface area contributed by atoms with Crippen molar-refractivity contribution in [3.05, 3.63) is 0 Å². The van der Waals surface area contributed by atoms with Crippen LogP contribution in [0.4, 0.5) is 0 Å². The Balaban J connectivity index is 3.82. The van der Waals surface area contributed by atoms with Gasteiger partial charge in [-0.05, 0) is 0 Å². The van der Waals surface area contributed by atoms with E-state index < -0.39 is 13.6 Å².